The molecule has 4 nitrogen and oxygen atoms in total. The van der Waals surface area contributed by atoms with E-state index in [4.69, 9.17) is 16.1 Å². The van der Waals surface area contributed by atoms with Crippen LogP contribution in [-0.4, -0.2) is 16.2 Å². The number of aromatic nitrogens is 1. The van der Waals surface area contributed by atoms with Crippen LogP contribution in [0, 0.1) is 6.92 Å². The highest BCUT2D eigenvalue weighted by Gasteiger charge is 2.26. The number of benzene rings is 1. The van der Waals surface area contributed by atoms with E-state index in [0.717, 1.165) is 11.1 Å². The maximum absolute atomic E-state index is 11.4. The first-order valence-electron chi connectivity index (χ1n) is 5.91. The van der Waals surface area contributed by atoms with E-state index in [1.807, 2.05) is 20.8 Å². The Balaban J connectivity index is 2.66. The lowest BCUT2D eigenvalue weighted by Crippen LogP contribution is -2.03. The predicted octanol–water partition coefficient (Wildman–Crippen LogP) is 4.13. The number of hydrogen-bond acceptors (Lipinski definition) is 3. The van der Waals surface area contributed by atoms with Gasteiger partial charge in [-0.25, -0.2) is 4.79 Å². The summed E-state index contributed by atoms with van der Waals surface area (Å²) in [5.41, 5.74) is 2.06. The number of nitrogens with zero attached hydrogens (tertiary/aromatic N) is 1. The predicted molar refractivity (Wildman–Crippen MR) is 72.7 cm³/mol. The molecule has 1 aromatic heterocycles. The van der Waals surface area contributed by atoms with E-state index < -0.39 is 5.97 Å². The van der Waals surface area contributed by atoms with Crippen molar-refractivity contribution in [1.29, 1.82) is 0 Å². The van der Waals surface area contributed by atoms with E-state index in [0.29, 0.717) is 16.5 Å². The zero-order valence-electron chi connectivity index (χ0n) is 10.9. The van der Waals surface area contributed by atoms with Crippen LogP contribution in [0.15, 0.2) is 22.7 Å². The van der Waals surface area contributed by atoms with Crippen molar-refractivity contribution in [3.63, 3.8) is 0 Å². The Morgan fingerprint density at radius 2 is 2.11 bits per heavy atom. The van der Waals surface area contributed by atoms with Gasteiger partial charge in [-0.3, -0.25) is 0 Å². The largest absolute Gasteiger partial charge is 0.477 e. The van der Waals surface area contributed by atoms with Gasteiger partial charge in [0.15, 0.2) is 5.76 Å². The smallest absolute Gasteiger partial charge is 0.341 e. The third-order valence-electron chi connectivity index (χ3n) is 2.90. The van der Waals surface area contributed by atoms with Crippen LogP contribution in [0.5, 0.6) is 0 Å². The lowest BCUT2D eigenvalue weighted by Gasteiger charge is -2.05. The van der Waals surface area contributed by atoms with Gasteiger partial charge in [0.1, 0.15) is 11.3 Å². The van der Waals surface area contributed by atoms with Gasteiger partial charge in [0.2, 0.25) is 0 Å². The number of rotatable bonds is 3. The number of carboxylic acid groups (broad SMARTS) is 1. The molecule has 0 aliphatic carbocycles. The summed E-state index contributed by atoms with van der Waals surface area (Å²) in [6, 6.07) is 5.23. The Morgan fingerprint density at radius 3 is 2.63 bits per heavy atom. The maximum Gasteiger partial charge on any atom is 0.341 e. The molecule has 0 fully saturated rings. The van der Waals surface area contributed by atoms with Crippen molar-refractivity contribution < 1.29 is 14.4 Å². The van der Waals surface area contributed by atoms with E-state index in [1.165, 1.54) is 0 Å². The Bertz CT molecular complexity index is 632. The van der Waals surface area contributed by atoms with Crippen molar-refractivity contribution in [2.75, 3.05) is 0 Å². The quantitative estimate of drug-likeness (QED) is 0.918. The summed E-state index contributed by atoms with van der Waals surface area (Å²) in [5.74, 6) is -0.689. The molecule has 0 aliphatic heterocycles. The molecule has 2 rings (SSSR count). The Morgan fingerprint density at radius 1 is 1.42 bits per heavy atom. The van der Waals surface area contributed by atoms with Crippen LogP contribution >= 0.6 is 11.6 Å². The summed E-state index contributed by atoms with van der Waals surface area (Å²) in [6.07, 6.45) is 0. The molecule has 0 atom stereocenters. The number of halogens is 1. The van der Waals surface area contributed by atoms with E-state index >= 15 is 0 Å². The highest BCUT2D eigenvalue weighted by atomic mass is 35.5. The molecular weight excluding hydrogens is 266 g/mol. The molecule has 1 N–H and O–H groups in total. The second kappa shape index (κ2) is 5.05. The van der Waals surface area contributed by atoms with Crippen LogP contribution < -0.4 is 0 Å². The van der Waals surface area contributed by atoms with Crippen molar-refractivity contribution in [3.05, 3.63) is 40.1 Å². The minimum absolute atomic E-state index is 0.0417. The third kappa shape index (κ3) is 2.49. The molecule has 100 valence electrons. The molecule has 0 aliphatic rings. The van der Waals surface area contributed by atoms with Gasteiger partial charge in [-0.05, 0) is 24.6 Å². The molecule has 5 heteroatoms. The van der Waals surface area contributed by atoms with Crippen LogP contribution in [0.1, 0.15) is 41.4 Å². The molecule has 1 aromatic carbocycles. The summed E-state index contributed by atoms with van der Waals surface area (Å²) in [6.45, 7) is 5.59. The zero-order valence-corrected chi connectivity index (χ0v) is 11.7. The van der Waals surface area contributed by atoms with Crippen molar-refractivity contribution in [1.82, 2.24) is 5.16 Å². The molecule has 0 radical (unpaired) electrons. The normalized spacial score (nSPS) is 11.0. The van der Waals surface area contributed by atoms with Crippen molar-refractivity contribution in [3.8, 4) is 11.3 Å². The highest BCUT2D eigenvalue weighted by molar-refractivity contribution is 6.30. The minimum Gasteiger partial charge on any atom is -0.477 e. The van der Waals surface area contributed by atoms with E-state index in [2.05, 4.69) is 5.16 Å². The summed E-state index contributed by atoms with van der Waals surface area (Å²) in [4.78, 5) is 11.4. The zero-order chi connectivity index (χ0) is 14.2. The molecule has 0 amide bonds. The molecule has 2 aromatic rings. The molecule has 0 saturated carbocycles. The van der Waals surface area contributed by atoms with Crippen LogP contribution in [-0.2, 0) is 0 Å². The first-order chi connectivity index (χ1) is 8.91. The third-order valence-corrected chi connectivity index (χ3v) is 3.14. The summed E-state index contributed by atoms with van der Waals surface area (Å²) in [5, 5.41) is 13.9. The van der Waals surface area contributed by atoms with Crippen molar-refractivity contribution in [2.24, 2.45) is 0 Å². The number of carboxylic acids is 1. The number of hydrogen-bond donors (Lipinski definition) is 1. The lowest BCUT2D eigenvalue weighted by atomic mass is 9.98. The number of aromatic carboxylic acids is 1. The van der Waals surface area contributed by atoms with Crippen molar-refractivity contribution >= 4 is 17.6 Å². The number of aryl methyl sites for hydroxylation is 1. The summed E-state index contributed by atoms with van der Waals surface area (Å²) in [7, 11) is 0. The fourth-order valence-electron chi connectivity index (χ4n) is 1.98. The van der Waals surface area contributed by atoms with Gasteiger partial charge in [-0.1, -0.05) is 36.7 Å². The number of carbonyl (C=O) groups is 1. The van der Waals surface area contributed by atoms with Gasteiger partial charge < -0.3 is 9.63 Å². The Kier molecular flexibility index (Phi) is 3.62. The fourth-order valence-corrected chi connectivity index (χ4v) is 2.21. The first-order valence-corrected chi connectivity index (χ1v) is 6.29. The molecule has 0 saturated heterocycles. The Hall–Kier alpha value is -1.81. The second-order valence-corrected chi connectivity index (χ2v) is 5.13. The average molecular weight is 280 g/mol. The van der Waals surface area contributed by atoms with Gasteiger partial charge in [-0.15, -0.1) is 0 Å². The van der Waals surface area contributed by atoms with Gasteiger partial charge >= 0.3 is 5.97 Å². The molecule has 0 unspecified atom stereocenters. The van der Waals surface area contributed by atoms with Gasteiger partial charge in [0.25, 0.3) is 0 Å². The minimum atomic E-state index is -1.03. The molecule has 0 spiro atoms. The fraction of sp³-hybridized carbons (Fsp3) is 0.286. The summed E-state index contributed by atoms with van der Waals surface area (Å²) < 4.78 is 5.19. The topological polar surface area (TPSA) is 63.3 Å². The van der Waals surface area contributed by atoms with Crippen LogP contribution in [0.3, 0.4) is 0 Å². The van der Waals surface area contributed by atoms with Crippen molar-refractivity contribution in [2.45, 2.75) is 26.7 Å². The average Bonchev–Trinajstić information content (AvgIpc) is 2.73. The van der Waals surface area contributed by atoms with Gasteiger partial charge in [0.05, 0.1) is 0 Å². The summed E-state index contributed by atoms with van der Waals surface area (Å²) >= 11 is 5.90. The van der Waals surface area contributed by atoms with E-state index in [-0.39, 0.29) is 11.5 Å². The van der Waals surface area contributed by atoms with Crippen LogP contribution in [0.4, 0.5) is 0 Å². The van der Waals surface area contributed by atoms with E-state index in [9.17, 15) is 9.90 Å². The van der Waals surface area contributed by atoms with E-state index in [1.54, 1.807) is 18.2 Å². The standard InChI is InChI=1S/C14H14ClNO3/c1-7(2)13-11(14(17)18)12(16-19-13)10-5-4-9(15)6-8(10)3/h4-7H,1-3H3,(H,17,18). The molecule has 1 heterocycles. The second-order valence-electron chi connectivity index (χ2n) is 4.69. The molecule has 0 bridgehead atoms. The SMILES string of the molecule is Cc1cc(Cl)ccc1-c1noc(C(C)C)c1C(=O)O. The Labute approximate surface area is 116 Å². The lowest BCUT2D eigenvalue weighted by molar-refractivity contribution is 0.0694. The first kappa shape index (κ1) is 13.6. The van der Waals surface area contributed by atoms with Gasteiger partial charge in [-0.2, -0.15) is 0 Å². The van der Waals surface area contributed by atoms with Gasteiger partial charge in [0, 0.05) is 16.5 Å². The van der Waals surface area contributed by atoms with Crippen LogP contribution in [0.2, 0.25) is 5.02 Å². The monoisotopic (exact) mass is 279 g/mol. The maximum atomic E-state index is 11.4. The highest BCUT2D eigenvalue weighted by Crippen LogP contribution is 2.32. The molecular formula is C14H14ClNO3. The van der Waals surface area contributed by atoms with Crippen LogP contribution in [0.25, 0.3) is 11.3 Å². The molecule has 19 heavy (non-hydrogen) atoms.